The van der Waals surface area contributed by atoms with Crippen LogP contribution in [0.3, 0.4) is 0 Å². The summed E-state index contributed by atoms with van der Waals surface area (Å²) >= 11 is 20.1. The van der Waals surface area contributed by atoms with Crippen LogP contribution in [-0.4, -0.2) is 9.97 Å². The highest BCUT2D eigenvalue weighted by atomic mass is 35.5. The van der Waals surface area contributed by atoms with Crippen LogP contribution < -0.4 is 5.32 Å². The highest BCUT2D eigenvalue weighted by molar-refractivity contribution is 7.19. The van der Waals surface area contributed by atoms with E-state index in [9.17, 15) is 4.39 Å². The fourth-order valence-electron chi connectivity index (χ4n) is 2.88. The van der Waals surface area contributed by atoms with Crippen LogP contribution in [0.1, 0.15) is 4.88 Å². The van der Waals surface area contributed by atoms with Crippen molar-refractivity contribution < 1.29 is 4.39 Å². The topological polar surface area (TPSA) is 37.8 Å². The van der Waals surface area contributed by atoms with Crippen molar-refractivity contribution in [3.8, 4) is 11.1 Å². The third kappa shape index (κ3) is 3.48. The zero-order valence-corrected chi connectivity index (χ0v) is 16.9. The molecular formula is C19H11Cl3FN3S. The predicted molar refractivity (Wildman–Crippen MR) is 112 cm³/mol. The van der Waals surface area contributed by atoms with Crippen LogP contribution >= 0.6 is 46.1 Å². The highest BCUT2D eigenvalue weighted by Crippen LogP contribution is 2.43. The zero-order valence-electron chi connectivity index (χ0n) is 13.9. The van der Waals surface area contributed by atoms with Gasteiger partial charge in [-0.1, -0.05) is 46.9 Å². The van der Waals surface area contributed by atoms with Crippen LogP contribution in [0, 0.1) is 12.7 Å². The van der Waals surface area contributed by atoms with Gasteiger partial charge < -0.3 is 5.32 Å². The molecule has 2 aromatic heterocycles. The Hall–Kier alpha value is -1.92. The zero-order chi connectivity index (χ0) is 19.1. The van der Waals surface area contributed by atoms with Crippen LogP contribution in [-0.2, 0) is 0 Å². The minimum atomic E-state index is -0.287. The minimum absolute atomic E-state index is 0.287. The van der Waals surface area contributed by atoms with Gasteiger partial charge in [-0.25, -0.2) is 14.4 Å². The molecule has 0 saturated heterocycles. The van der Waals surface area contributed by atoms with Gasteiger partial charge in [-0.15, -0.1) is 11.3 Å². The Morgan fingerprint density at radius 3 is 2.33 bits per heavy atom. The quantitative estimate of drug-likeness (QED) is 0.359. The number of thiophene rings is 1. The lowest BCUT2D eigenvalue weighted by Crippen LogP contribution is -1.97. The third-order valence-electron chi connectivity index (χ3n) is 4.05. The van der Waals surface area contributed by atoms with E-state index in [1.807, 2.05) is 6.92 Å². The van der Waals surface area contributed by atoms with Gasteiger partial charge in [-0.3, -0.25) is 0 Å². The van der Waals surface area contributed by atoms with Gasteiger partial charge in [0.05, 0.1) is 21.1 Å². The Bertz CT molecular complexity index is 1140. The molecule has 0 aliphatic carbocycles. The van der Waals surface area contributed by atoms with Gasteiger partial charge >= 0.3 is 0 Å². The van der Waals surface area contributed by atoms with Crippen molar-refractivity contribution >= 4 is 67.9 Å². The van der Waals surface area contributed by atoms with Crippen molar-refractivity contribution in [3.05, 3.63) is 68.5 Å². The number of fused-ring (bicyclic) bond motifs is 1. The number of aryl methyl sites for hydroxylation is 1. The fourth-order valence-corrected chi connectivity index (χ4v) is 4.81. The first-order valence-corrected chi connectivity index (χ1v) is 9.80. The average molecular weight is 439 g/mol. The fraction of sp³-hybridized carbons (Fsp3) is 0.0526. The van der Waals surface area contributed by atoms with Crippen LogP contribution in [0.15, 0.2) is 42.7 Å². The van der Waals surface area contributed by atoms with Crippen molar-refractivity contribution in [2.75, 3.05) is 5.32 Å². The molecule has 2 aromatic carbocycles. The van der Waals surface area contributed by atoms with E-state index in [0.717, 1.165) is 26.2 Å². The maximum atomic E-state index is 13.4. The molecule has 0 bridgehead atoms. The second-order valence-electron chi connectivity index (χ2n) is 5.81. The molecule has 0 aliphatic rings. The molecule has 2 heterocycles. The Morgan fingerprint density at radius 2 is 1.67 bits per heavy atom. The second-order valence-corrected chi connectivity index (χ2v) is 8.27. The number of halogens is 4. The summed E-state index contributed by atoms with van der Waals surface area (Å²) in [5.41, 5.74) is 2.34. The maximum absolute atomic E-state index is 13.4. The number of rotatable bonds is 3. The van der Waals surface area contributed by atoms with Gasteiger partial charge in [-0.05, 0) is 36.8 Å². The molecule has 0 amide bonds. The molecule has 3 nitrogen and oxygen atoms in total. The largest absolute Gasteiger partial charge is 0.337 e. The first-order valence-electron chi connectivity index (χ1n) is 7.85. The molecule has 136 valence electrons. The predicted octanol–water partition coefficient (Wildman–Crippen LogP) is 7.51. The number of anilines is 2. The molecule has 0 atom stereocenters. The Balaban J connectivity index is 1.91. The molecular weight excluding hydrogens is 428 g/mol. The van der Waals surface area contributed by atoms with E-state index >= 15 is 0 Å². The van der Waals surface area contributed by atoms with Gasteiger partial charge in [-0.2, -0.15) is 0 Å². The Labute approximate surface area is 173 Å². The highest BCUT2D eigenvalue weighted by Gasteiger charge is 2.18. The molecule has 8 heteroatoms. The summed E-state index contributed by atoms with van der Waals surface area (Å²) < 4.78 is 13.4. The first kappa shape index (κ1) is 18.4. The molecule has 0 unspecified atom stereocenters. The van der Waals surface area contributed by atoms with E-state index in [0.29, 0.717) is 26.6 Å². The van der Waals surface area contributed by atoms with Crippen molar-refractivity contribution in [1.29, 1.82) is 0 Å². The van der Waals surface area contributed by atoms with Crippen molar-refractivity contribution in [2.45, 2.75) is 6.92 Å². The summed E-state index contributed by atoms with van der Waals surface area (Å²) in [4.78, 5) is 10.6. The van der Waals surface area contributed by atoms with Crippen LogP contribution in [0.2, 0.25) is 15.1 Å². The summed E-state index contributed by atoms with van der Waals surface area (Å²) in [6, 6.07) is 9.56. The normalized spacial score (nSPS) is 11.1. The summed E-state index contributed by atoms with van der Waals surface area (Å²) in [5.74, 6) is 0.278. The summed E-state index contributed by atoms with van der Waals surface area (Å²) in [6.07, 6.45) is 1.48. The number of hydrogen-bond acceptors (Lipinski definition) is 4. The molecule has 0 saturated carbocycles. The number of benzene rings is 2. The SMILES string of the molecule is Cc1sc2ncnc(Nc3c(Cl)cc(Cl)cc3Cl)c2c1-c1ccc(F)cc1. The van der Waals surface area contributed by atoms with Crippen molar-refractivity contribution in [2.24, 2.45) is 0 Å². The number of nitrogens with one attached hydrogen (secondary N) is 1. The molecule has 0 aliphatic heterocycles. The van der Waals surface area contributed by atoms with E-state index < -0.39 is 0 Å². The van der Waals surface area contributed by atoms with Crippen LogP contribution in [0.4, 0.5) is 15.9 Å². The second kappa shape index (κ2) is 7.24. The van der Waals surface area contributed by atoms with E-state index in [4.69, 9.17) is 34.8 Å². The molecule has 4 aromatic rings. The molecule has 27 heavy (non-hydrogen) atoms. The van der Waals surface area contributed by atoms with Gasteiger partial charge in [0.25, 0.3) is 0 Å². The molecule has 4 rings (SSSR count). The number of hydrogen-bond donors (Lipinski definition) is 1. The Kier molecular flexibility index (Phi) is 4.95. The standard InChI is InChI=1S/C19H11Cl3FN3S/c1-9-15(10-2-4-12(23)5-3-10)16-18(24-8-25-19(16)27-9)26-17-13(21)6-11(20)7-14(17)22/h2-8H,1H3,(H,24,25,26). The lowest BCUT2D eigenvalue weighted by Gasteiger charge is -2.12. The van der Waals surface area contributed by atoms with Gasteiger partial charge in [0.15, 0.2) is 0 Å². The lowest BCUT2D eigenvalue weighted by atomic mass is 10.0. The van der Waals surface area contributed by atoms with E-state index in [1.54, 1.807) is 35.6 Å². The van der Waals surface area contributed by atoms with Gasteiger partial charge in [0.2, 0.25) is 0 Å². The Morgan fingerprint density at radius 1 is 1.00 bits per heavy atom. The third-order valence-corrected chi connectivity index (χ3v) is 5.88. The van der Waals surface area contributed by atoms with Crippen LogP contribution in [0.25, 0.3) is 21.3 Å². The molecule has 0 radical (unpaired) electrons. The van der Waals surface area contributed by atoms with Gasteiger partial charge in [0.1, 0.15) is 22.8 Å². The van der Waals surface area contributed by atoms with Crippen molar-refractivity contribution in [1.82, 2.24) is 9.97 Å². The smallest absolute Gasteiger partial charge is 0.143 e. The molecule has 0 fully saturated rings. The van der Waals surface area contributed by atoms with Gasteiger partial charge in [0, 0.05) is 15.5 Å². The van der Waals surface area contributed by atoms with E-state index in [2.05, 4.69) is 15.3 Å². The van der Waals surface area contributed by atoms with E-state index in [-0.39, 0.29) is 5.82 Å². The summed E-state index contributed by atoms with van der Waals surface area (Å²) in [5, 5.41) is 5.25. The first-order chi connectivity index (χ1) is 12.9. The van der Waals surface area contributed by atoms with Crippen molar-refractivity contribution in [3.63, 3.8) is 0 Å². The number of aromatic nitrogens is 2. The molecule has 0 spiro atoms. The minimum Gasteiger partial charge on any atom is -0.337 e. The van der Waals surface area contributed by atoms with E-state index in [1.165, 1.54) is 18.5 Å². The molecule has 1 N–H and O–H groups in total. The lowest BCUT2D eigenvalue weighted by molar-refractivity contribution is 0.628. The summed E-state index contributed by atoms with van der Waals surface area (Å²) in [6.45, 7) is 2.00. The summed E-state index contributed by atoms with van der Waals surface area (Å²) in [7, 11) is 0. The number of nitrogens with zero attached hydrogens (tertiary/aromatic N) is 2. The maximum Gasteiger partial charge on any atom is 0.143 e. The van der Waals surface area contributed by atoms with Crippen LogP contribution in [0.5, 0.6) is 0 Å². The average Bonchev–Trinajstić information content (AvgIpc) is 2.95. The monoisotopic (exact) mass is 437 g/mol.